The van der Waals surface area contributed by atoms with Crippen molar-refractivity contribution in [2.24, 2.45) is 0 Å². The molecule has 0 bridgehead atoms. The smallest absolute Gasteiger partial charge is 0.328 e. The molecule has 9 heteroatoms. The second-order valence-electron chi connectivity index (χ2n) is 4.27. The molecular formula is C8H9BrClNO5S. The van der Waals surface area contributed by atoms with Crippen molar-refractivity contribution >= 4 is 49.2 Å². The van der Waals surface area contributed by atoms with E-state index in [0.717, 1.165) is 4.90 Å². The summed E-state index contributed by atoms with van der Waals surface area (Å²) in [6.45, 7) is 1.26. The summed E-state index contributed by atoms with van der Waals surface area (Å²) < 4.78 is 22.8. The number of β-lactam (4-membered cyclic amide) rings is 1. The summed E-state index contributed by atoms with van der Waals surface area (Å²) in [4.78, 5) is 22.7. The molecule has 0 radical (unpaired) electrons. The van der Waals surface area contributed by atoms with Crippen LogP contribution in [0.15, 0.2) is 0 Å². The molecule has 0 aliphatic carbocycles. The highest BCUT2D eigenvalue weighted by Gasteiger charge is 2.73. The molecule has 2 aliphatic rings. The molecule has 4 atom stereocenters. The Labute approximate surface area is 111 Å². The highest BCUT2D eigenvalue weighted by molar-refractivity contribution is 9.10. The first kappa shape index (κ1) is 13.1. The number of halogens is 2. The highest BCUT2D eigenvalue weighted by atomic mass is 79.9. The number of carboxylic acid groups (broad SMARTS) is 1. The number of aliphatic carboxylic acids is 1. The Morgan fingerprint density at radius 2 is 2.18 bits per heavy atom. The molecule has 0 aromatic heterocycles. The minimum Gasteiger partial charge on any atom is -0.480 e. The van der Waals surface area contributed by atoms with Gasteiger partial charge in [-0.2, -0.15) is 0 Å². The number of amides is 1. The zero-order valence-electron chi connectivity index (χ0n) is 8.63. The molecule has 2 aliphatic heterocycles. The molecule has 0 aromatic carbocycles. The van der Waals surface area contributed by atoms with Gasteiger partial charge in [0.2, 0.25) is 5.91 Å². The fourth-order valence-electron chi connectivity index (χ4n) is 2.28. The first-order valence-corrected chi connectivity index (χ1v) is 7.68. The third-order valence-corrected chi connectivity index (χ3v) is 8.10. The average Bonchev–Trinajstić information content (AvgIpc) is 2.42. The maximum atomic E-state index is 12.2. The predicted octanol–water partition coefficient (Wildman–Crippen LogP) is -0.203. The number of rotatable bonds is 2. The number of fused-ring (bicyclic) bond motifs is 1. The Hall–Kier alpha value is -0.340. The Kier molecular flexibility index (Phi) is 2.76. The van der Waals surface area contributed by atoms with E-state index in [9.17, 15) is 18.0 Å². The molecule has 2 saturated heterocycles. The summed E-state index contributed by atoms with van der Waals surface area (Å²) in [7, 11) is -3.81. The predicted molar refractivity (Wildman–Crippen MR) is 62.8 cm³/mol. The molecule has 1 N–H and O–H groups in total. The van der Waals surface area contributed by atoms with Gasteiger partial charge >= 0.3 is 5.97 Å². The molecule has 2 fully saturated rings. The van der Waals surface area contributed by atoms with E-state index in [-0.39, 0.29) is 5.88 Å². The Balaban J connectivity index is 2.62. The minimum atomic E-state index is -3.81. The molecule has 0 spiro atoms. The van der Waals surface area contributed by atoms with Gasteiger partial charge in [0.1, 0.15) is 9.57 Å². The normalized spacial score (nSPS) is 43.1. The van der Waals surface area contributed by atoms with Crippen LogP contribution in [0, 0.1) is 0 Å². The van der Waals surface area contributed by atoms with Crippen LogP contribution in [-0.4, -0.2) is 57.2 Å². The number of carboxylic acids is 1. The second kappa shape index (κ2) is 3.58. The SMILES string of the molecule is C[C@]1(CCl)[C@H](C(=O)O)N2C(=O)[C@H](Br)[C@H]2S1(=O)=O. The van der Waals surface area contributed by atoms with E-state index < -0.39 is 42.7 Å². The van der Waals surface area contributed by atoms with Gasteiger partial charge in [0, 0.05) is 5.88 Å². The van der Waals surface area contributed by atoms with Gasteiger partial charge in [-0.3, -0.25) is 4.79 Å². The van der Waals surface area contributed by atoms with Crippen LogP contribution in [-0.2, 0) is 19.4 Å². The Bertz CT molecular complexity index is 508. The zero-order valence-corrected chi connectivity index (χ0v) is 11.8. The number of carbonyl (C=O) groups is 2. The minimum absolute atomic E-state index is 0.369. The lowest BCUT2D eigenvalue weighted by molar-refractivity contribution is -0.156. The number of hydrogen-bond donors (Lipinski definition) is 1. The molecule has 6 nitrogen and oxygen atoms in total. The topological polar surface area (TPSA) is 91.8 Å². The van der Waals surface area contributed by atoms with Crippen molar-refractivity contribution in [2.45, 2.75) is 27.9 Å². The molecule has 96 valence electrons. The van der Waals surface area contributed by atoms with Crippen LogP contribution in [0.25, 0.3) is 0 Å². The maximum Gasteiger partial charge on any atom is 0.328 e. The van der Waals surface area contributed by atoms with Gasteiger partial charge < -0.3 is 10.0 Å². The Morgan fingerprint density at radius 1 is 1.65 bits per heavy atom. The van der Waals surface area contributed by atoms with Gasteiger partial charge in [-0.1, -0.05) is 15.9 Å². The Morgan fingerprint density at radius 3 is 2.59 bits per heavy atom. The van der Waals surface area contributed by atoms with E-state index in [0.29, 0.717) is 0 Å². The van der Waals surface area contributed by atoms with Crippen molar-refractivity contribution in [3.8, 4) is 0 Å². The second-order valence-corrected chi connectivity index (χ2v) is 8.03. The largest absolute Gasteiger partial charge is 0.480 e. The zero-order chi connectivity index (χ0) is 13.2. The number of nitrogens with zero attached hydrogens (tertiary/aromatic N) is 1. The van der Waals surface area contributed by atoms with Gasteiger partial charge in [0.15, 0.2) is 21.3 Å². The lowest BCUT2D eigenvalue weighted by Crippen LogP contribution is -2.64. The van der Waals surface area contributed by atoms with Crippen LogP contribution in [0.2, 0.25) is 0 Å². The third kappa shape index (κ3) is 1.29. The summed E-state index contributed by atoms with van der Waals surface area (Å²) in [5, 5.41) is 7.98. The highest BCUT2D eigenvalue weighted by Crippen LogP contribution is 2.48. The van der Waals surface area contributed by atoms with E-state index in [1.165, 1.54) is 6.92 Å². The molecule has 0 unspecified atom stereocenters. The van der Waals surface area contributed by atoms with E-state index in [2.05, 4.69) is 15.9 Å². The first-order valence-electron chi connectivity index (χ1n) is 4.68. The monoisotopic (exact) mass is 345 g/mol. The summed E-state index contributed by atoms with van der Waals surface area (Å²) >= 11 is 8.59. The molecular weight excluding hydrogens is 338 g/mol. The van der Waals surface area contributed by atoms with Crippen molar-refractivity contribution in [3.05, 3.63) is 0 Å². The lowest BCUT2D eigenvalue weighted by Gasteiger charge is -2.39. The molecule has 17 heavy (non-hydrogen) atoms. The van der Waals surface area contributed by atoms with Crippen molar-refractivity contribution in [1.29, 1.82) is 0 Å². The average molecular weight is 347 g/mol. The van der Waals surface area contributed by atoms with Crippen LogP contribution in [0.1, 0.15) is 6.92 Å². The summed E-state index contributed by atoms with van der Waals surface area (Å²) in [5.41, 5.74) is 0. The molecule has 1 amide bonds. The van der Waals surface area contributed by atoms with Gasteiger partial charge in [0.05, 0.1) is 0 Å². The van der Waals surface area contributed by atoms with E-state index in [4.69, 9.17) is 16.7 Å². The van der Waals surface area contributed by atoms with E-state index >= 15 is 0 Å². The molecule has 0 aromatic rings. The fourth-order valence-corrected chi connectivity index (χ4v) is 6.42. The van der Waals surface area contributed by atoms with Crippen molar-refractivity contribution in [1.82, 2.24) is 4.90 Å². The van der Waals surface area contributed by atoms with E-state index in [1.54, 1.807) is 0 Å². The summed E-state index contributed by atoms with van der Waals surface area (Å²) in [5.74, 6) is -2.25. The van der Waals surface area contributed by atoms with Gasteiger partial charge in [-0.25, -0.2) is 13.2 Å². The lowest BCUT2D eigenvalue weighted by atomic mass is 9.98. The molecule has 2 rings (SSSR count). The standard InChI is InChI=1S/C8H9BrClNO5S/c1-8(2-10)4(7(13)14)11-5(12)3(9)6(11)17(8,15)16/h3-4,6H,2H2,1H3,(H,13,14)/t3-,4-,6+,8-/m0/s1. The van der Waals surface area contributed by atoms with Crippen LogP contribution in [0.4, 0.5) is 0 Å². The van der Waals surface area contributed by atoms with Crippen LogP contribution < -0.4 is 0 Å². The third-order valence-electron chi connectivity index (χ3n) is 3.34. The quantitative estimate of drug-likeness (QED) is 0.552. The van der Waals surface area contributed by atoms with Gasteiger partial charge in [-0.15, -0.1) is 11.6 Å². The number of sulfone groups is 1. The van der Waals surface area contributed by atoms with Gasteiger partial charge in [0.25, 0.3) is 0 Å². The van der Waals surface area contributed by atoms with Gasteiger partial charge in [-0.05, 0) is 6.92 Å². The van der Waals surface area contributed by atoms with E-state index in [1.807, 2.05) is 0 Å². The van der Waals surface area contributed by atoms with Crippen molar-refractivity contribution in [3.63, 3.8) is 0 Å². The van der Waals surface area contributed by atoms with Crippen LogP contribution >= 0.6 is 27.5 Å². The number of hydrogen-bond acceptors (Lipinski definition) is 4. The molecule has 0 saturated carbocycles. The van der Waals surface area contributed by atoms with Crippen LogP contribution in [0.5, 0.6) is 0 Å². The van der Waals surface area contributed by atoms with Crippen LogP contribution in [0.3, 0.4) is 0 Å². The number of alkyl halides is 2. The number of carbonyl (C=O) groups excluding carboxylic acids is 1. The first-order chi connectivity index (χ1) is 7.70. The van der Waals surface area contributed by atoms with Crippen molar-refractivity contribution in [2.75, 3.05) is 5.88 Å². The summed E-state index contributed by atoms with van der Waals surface area (Å²) in [6.07, 6.45) is 0. The van der Waals surface area contributed by atoms with Crippen molar-refractivity contribution < 1.29 is 23.1 Å². The fraction of sp³-hybridized carbons (Fsp3) is 0.750. The summed E-state index contributed by atoms with van der Waals surface area (Å²) in [6, 6.07) is -1.42. The molecule has 2 heterocycles. The maximum absolute atomic E-state index is 12.2.